The lowest BCUT2D eigenvalue weighted by atomic mass is 9.83. The highest BCUT2D eigenvalue weighted by Crippen LogP contribution is 2.37. The maximum Gasteiger partial charge on any atom is 0.179 e. The molecule has 0 bridgehead atoms. The minimum atomic E-state index is 0.522. The molecule has 3 nitrogen and oxygen atoms in total. The Morgan fingerprint density at radius 1 is 1.37 bits per heavy atom. The number of aryl methyl sites for hydroxylation is 1. The van der Waals surface area contributed by atoms with Gasteiger partial charge in [0.05, 0.1) is 5.52 Å². The first-order valence-electron chi connectivity index (χ1n) is 7.28. The Bertz CT molecular complexity index is 640. The fraction of sp³-hybridized carbons (Fsp3) is 0.600. The average Bonchev–Trinajstić information content (AvgIpc) is 2.74. The molecule has 1 N–H and O–H groups in total. The van der Waals surface area contributed by atoms with E-state index < -0.39 is 0 Å². The molecule has 4 heteroatoms. The SMILES string of the molecule is CCC1CCCCC1n1c(=S)[nH]c2ccc(C)nc21. The van der Waals surface area contributed by atoms with Gasteiger partial charge in [-0.1, -0.05) is 26.2 Å². The van der Waals surface area contributed by atoms with Gasteiger partial charge in [0, 0.05) is 11.7 Å². The number of aromatic nitrogens is 3. The fourth-order valence-electron chi connectivity index (χ4n) is 3.41. The predicted molar refractivity (Wildman–Crippen MR) is 80.9 cm³/mol. The molecule has 3 rings (SSSR count). The summed E-state index contributed by atoms with van der Waals surface area (Å²) in [5.74, 6) is 0.738. The van der Waals surface area contributed by atoms with Crippen molar-refractivity contribution in [2.45, 2.75) is 52.0 Å². The summed E-state index contributed by atoms with van der Waals surface area (Å²) >= 11 is 5.55. The molecule has 0 aromatic carbocycles. The van der Waals surface area contributed by atoms with E-state index in [1.54, 1.807) is 0 Å². The van der Waals surface area contributed by atoms with E-state index in [4.69, 9.17) is 17.2 Å². The second-order valence-electron chi connectivity index (χ2n) is 5.64. The molecule has 0 amide bonds. The molecule has 1 saturated carbocycles. The highest BCUT2D eigenvalue weighted by Gasteiger charge is 2.27. The van der Waals surface area contributed by atoms with Gasteiger partial charge in [0.15, 0.2) is 10.4 Å². The highest BCUT2D eigenvalue weighted by molar-refractivity contribution is 7.71. The van der Waals surface area contributed by atoms with Gasteiger partial charge in [0.25, 0.3) is 0 Å². The van der Waals surface area contributed by atoms with Gasteiger partial charge in [-0.05, 0) is 50.0 Å². The number of aromatic amines is 1. The molecule has 102 valence electrons. The number of pyridine rings is 1. The summed E-state index contributed by atoms with van der Waals surface area (Å²) in [6.45, 7) is 4.33. The van der Waals surface area contributed by atoms with E-state index in [2.05, 4.69) is 22.5 Å². The van der Waals surface area contributed by atoms with Gasteiger partial charge in [-0.15, -0.1) is 0 Å². The van der Waals surface area contributed by atoms with E-state index in [-0.39, 0.29) is 0 Å². The smallest absolute Gasteiger partial charge is 0.179 e. The zero-order valence-corrected chi connectivity index (χ0v) is 12.5. The van der Waals surface area contributed by atoms with Crippen molar-refractivity contribution < 1.29 is 0 Å². The van der Waals surface area contributed by atoms with Crippen molar-refractivity contribution in [1.82, 2.24) is 14.5 Å². The first-order chi connectivity index (χ1) is 9.20. The molecule has 1 aliphatic carbocycles. The maximum atomic E-state index is 5.55. The van der Waals surface area contributed by atoms with Crippen LogP contribution in [-0.2, 0) is 0 Å². The Kier molecular flexibility index (Phi) is 3.44. The summed E-state index contributed by atoms with van der Waals surface area (Å²) in [5.41, 5.74) is 3.16. The second kappa shape index (κ2) is 5.08. The van der Waals surface area contributed by atoms with Crippen molar-refractivity contribution in [3.8, 4) is 0 Å². The third-order valence-electron chi connectivity index (χ3n) is 4.43. The number of nitrogens with one attached hydrogen (secondary N) is 1. The minimum absolute atomic E-state index is 0.522. The van der Waals surface area contributed by atoms with E-state index >= 15 is 0 Å². The zero-order chi connectivity index (χ0) is 13.4. The van der Waals surface area contributed by atoms with Crippen molar-refractivity contribution in [3.05, 3.63) is 22.6 Å². The number of hydrogen-bond donors (Lipinski definition) is 1. The molecule has 19 heavy (non-hydrogen) atoms. The molecule has 0 radical (unpaired) electrons. The van der Waals surface area contributed by atoms with Gasteiger partial charge >= 0.3 is 0 Å². The first kappa shape index (κ1) is 12.9. The molecule has 0 aliphatic heterocycles. The molecular formula is C15H21N3S. The lowest BCUT2D eigenvalue weighted by Gasteiger charge is -2.32. The quantitative estimate of drug-likeness (QED) is 0.816. The van der Waals surface area contributed by atoms with Gasteiger partial charge in [0.1, 0.15) is 0 Å². The van der Waals surface area contributed by atoms with E-state index in [0.29, 0.717) is 6.04 Å². The van der Waals surface area contributed by atoms with Crippen LogP contribution < -0.4 is 0 Å². The largest absolute Gasteiger partial charge is 0.329 e. The topological polar surface area (TPSA) is 33.6 Å². The molecule has 0 saturated heterocycles. The molecule has 0 spiro atoms. The summed E-state index contributed by atoms with van der Waals surface area (Å²) < 4.78 is 3.11. The molecule has 2 heterocycles. The Morgan fingerprint density at radius 2 is 2.16 bits per heavy atom. The Labute approximate surface area is 119 Å². The Balaban J connectivity index is 2.15. The number of imidazole rings is 1. The van der Waals surface area contributed by atoms with Gasteiger partial charge in [-0.3, -0.25) is 4.57 Å². The van der Waals surface area contributed by atoms with Crippen molar-refractivity contribution in [1.29, 1.82) is 0 Å². The summed E-state index contributed by atoms with van der Waals surface area (Å²) in [6.07, 6.45) is 6.44. The van der Waals surface area contributed by atoms with Gasteiger partial charge in [-0.25, -0.2) is 4.98 Å². The van der Waals surface area contributed by atoms with Crippen molar-refractivity contribution in [2.75, 3.05) is 0 Å². The molecule has 2 unspecified atom stereocenters. The van der Waals surface area contributed by atoms with Crippen LogP contribution in [-0.4, -0.2) is 14.5 Å². The zero-order valence-electron chi connectivity index (χ0n) is 11.6. The van der Waals surface area contributed by atoms with Crippen LogP contribution in [0.25, 0.3) is 11.2 Å². The van der Waals surface area contributed by atoms with Crippen LogP contribution in [0.2, 0.25) is 0 Å². The molecule has 2 atom stereocenters. The minimum Gasteiger partial charge on any atom is -0.329 e. The molecule has 2 aromatic rings. The standard InChI is InChI=1S/C15H21N3S/c1-3-11-6-4-5-7-13(11)18-14-12(17-15(18)19)9-8-10(2)16-14/h8-9,11,13H,3-7H2,1-2H3,(H,17,19). The van der Waals surface area contributed by atoms with Crippen LogP contribution in [0.4, 0.5) is 0 Å². The number of hydrogen-bond acceptors (Lipinski definition) is 2. The van der Waals surface area contributed by atoms with Crippen LogP contribution >= 0.6 is 12.2 Å². The lowest BCUT2D eigenvalue weighted by molar-refractivity contribution is 0.234. The molecule has 1 fully saturated rings. The van der Waals surface area contributed by atoms with Crippen LogP contribution in [0.5, 0.6) is 0 Å². The number of fused-ring (bicyclic) bond motifs is 1. The summed E-state index contributed by atoms with van der Waals surface area (Å²) in [6, 6.07) is 4.65. The third kappa shape index (κ3) is 2.22. The molecular weight excluding hydrogens is 254 g/mol. The second-order valence-corrected chi connectivity index (χ2v) is 6.03. The van der Waals surface area contributed by atoms with E-state index in [1.807, 2.05) is 13.0 Å². The number of nitrogens with zero attached hydrogens (tertiary/aromatic N) is 2. The van der Waals surface area contributed by atoms with Crippen LogP contribution in [0.3, 0.4) is 0 Å². The summed E-state index contributed by atoms with van der Waals surface area (Å²) in [5, 5.41) is 0. The predicted octanol–water partition coefficient (Wildman–Crippen LogP) is 4.54. The number of rotatable bonds is 2. The maximum absolute atomic E-state index is 5.55. The third-order valence-corrected chi connectivity index (χ3v) is 4.73. The van der Waals surface area contributed by atoms with Gasteiger partial charge in [-0.2, -0.15) is 0 Å². The van der Waals surface area contributed by atoms with Crippen molar-refractivity contribution in [2.24, 2.45) is 5.92 Å². The highest BCUT2D eigenvalue weighted by atomic mass is 32.1. The van der Waals surface area contributed by atoms with Crippen molar-refractivity contribution in [3.63, 3.8) is 0 Å². The van der Waals surface area contributed by atoms with Crippen molar-refractivity contribution >= 4 is 23.4 Å². The Hall–Kier alpha value is -1.16. The fourth-order valence-corrected chi connectivity index (χ4v) is 3.74. The van der Waals surface area contributed by atoms with Crippen LogP contribution in [0.15, 0.2) is 12.1 Å². The van der Waals surface area contributed by atoms with Crippen LogP contribution in [0, 0.1) is 17.6 Å². The normalized spacial score (nSPS) is 23.9. The average molecular weight is 275 g/mol. The first-order valence-corrected chi connectivity index (χ1v) is 7.69. The molecule has 1 aliphatic rings. The van der Waals surface area contributed by atoms with Gasteiger partial charge in [0.2, 0.25) is 0 Å². The monoisotopic (exact) mass is 275 g/mol. The summed E-state index contributed by atoms with van der Waals surface area (Å²) in [7, 11) is 0. The summed E-state index contributed by atoms with van der Waals surface area (Å²) in [4.78, 5) is 8.02. The number of H-pyrrole nitrogens is 1. The van der Waals surface area contributed by atoms with Crippen LogP contribution in [0.1, 0.15) is 50.8 Å². The van der Waals surface area contributed by atoms with Gasteiger partial charge < -0.3 is 4.98 Å². The molecule has 2 aromatic heterocycles. The lowest BCUT2D eigenvalue weighted by Crippen LogP contribution is -2.23. The van der Waals surface area contributed by atoms with E-state index in [9.17, 15) is 0 Å². The Morgan fingerprint density at radius 3 is 2.95 bits per heavy atom. The van der Waals surface area contributed by atoms with E-state index in [1.165, 1.54) is 32.1 Å². The van der Waals surface area contributed by atoms with E-state index in [0.717, 1.165) is 27.5 Å².